The Kier molecular flexibility index (Phi) is 7.93. The van der Waals surface area contributed by atoms with Crippen LogP contribution in [0.15, 0.2) is 0 Å². The van der Waals surface area contributed by atoms with Gasteiger partial charge >= 0.3 is 6.18 Å². The number of hydrogen-bond acceptors (Lipinski definition) is 3. The van der Waals surface area contributed by atoms with Gasteiger partial charge in [0.15, 0.2) is 0 Å². The molecular formula is C11H21F3N2O2. The second kappa shape index (κ2) is 8.31. The first kappa shape index (κ1) is 17.2. The molecule has 1 N–H and O–H groups in total. The highest BCUT2D eigenvalue weighted by atomic mass is 19.4. The summed E-state index contributed by atoms with van der Waals surface area (Å²) in [5, 5.41) is 2.10. The highest BCUT2D eigenvalue weighted by Gasteiger charge is 2.27. The van der Waals surface area contributed by atoms with E-state index in [9.17, 15) is 18.0 Å². The minimum atomic E-state index is -4.30. The average molecular weight is 270 g/mol. The van der Waals surface area contributed by atoms with Crippen LogP contribution < -0.4 is 5.32 Å². The van der Waals surface area contributed by atoms with Crippen LogP contribution in [-0.4, -0.2) is 56.9 Å². The van der Waals surface area contributed by atoms with E-state index in [1.54, 1.807) is 0 Å². The lowest BCUT2D eigenvalue weighted by Gasteiger charge is -2.24. The highest BCUT2D eigenvalue weighted by molar-refractivity contribution is 5.78. The van der Waals surface area contributed by atoms with Gasteiger partial charge in [-0.15, -0.1) is 0 Å². The minimum Gasteiger partial charge on any atom is -0.383 e. The largest absolute Gasteiger partial charge is 0.401 e. The summed E-state index contributed by atoms with van der Waals surface area (Å²) in [5.41, 5.74) is 0. The molecule has 4 nitrogen and oxygen atoms in total. The standard InChI is InChI=1S/C11H21F3N2O2/c1-9(2)7-16(4-5-18-3)10(17)6-15-8-11(12,13)14/h9,15H,4-8H2,1-3H3. The van der Waals surface area contributed by atoms with E-state index in [1.807, 2.05) is 13.8 Å². The lowest BCUT2D eigenvalue weighted by molar-refractivity contribution is -0.135. The topological polar surface area (TPSA) is 41.6 Å². The third-order valence-corrected chi connectivity index (χ3v) is 2.11. The van der Waals surface area contributed by atoms with Gasteiger partial charge in [-0.25, -0.2) is 0 Å². The van der Waals surface area contributed by atoms with Crippen LogP contribution >= 0.6 is 0 Å². The molecule has 0 heterocycles. The summed E-state index contributed by atoms with van der Waals surface area (Å²) in [7, 11) is 1.51. The molecule has 0 aliphatic rings. The summed E-state index contributed by atoms with van der Waals surface area (Å²) in [4.78, 5) is 13.2. The van der Waals surface area contributed by atoms with Gasteiger partial charge in [0.1, 0.15) is 0 Å². The molecule has 0 aromatic carbocycles. The van der Waals surface area contributed by atoms with Crippen molar-refractivity contribution in [3.63, 3.8) is 0 Å². The molecule has 0 bridgehead atoms. The van der Waals surface area contributed by atoms with E-state index in [0.717, 1.165) is 0 Å². The van der Waals surface area contributed by atoms with E-state index in [4.69, 9.17) is 4.74 Å². The Labute approximate surface area is 105 Å². The highest BCUT2D eigenvalue weighted by Crippen LogP contribution is 2.12. The number of hydrogen-bond donors (Lipinski definition) is 1. The Morgan fingerprint density at radius 1 is 1.39 bits per heavy atom. The normalized spacial score (nSPS) is 11.9. The monoisotopic (exact) mass is 270 g/mol. The maximum atomic E-state index is 11.9. The SMILES string of the molecule is COCCN(CC(C)C)C(=O)CNCC(F)(F)F. The van der Waals surface area contributed by atoms with Crippen LogP contribution in [0.2, 0.25) is 0 Å². The fourth-order valence-electron chi connectivity index (χ4n) is 1.38. The second-order valence-electron chi connectivity index (χ2n) is 4.45. The molecule has 0 saturated heterocycles. The van der Waals surface area contributed by atoms with E-state index in [1.165, 1.54) is 12.0 Å². The molecule has 0 fully saturated rings. The predicted octanol–water partition coefficient (Wildman–Crippen LogP) is 1.27. The summed E-state index contributed by atoms with van der Waals surface area (Å²) in [6, 6.07) is 0. The predicted molar refractivity (Wildman–Crippen MR) is 62.2 cm³/mol. The molecule has 0 unspecified atom stereocenters. The molecule has 108 valence electrons. The number of halogens is 3. The number of rotatable bonds is 8. The van der Waals surface area contributed by atoms with Crippen molar-refractivity contribution in [1.82, 2.24) is 10.2 Å². The number of carbonyl (C=O) groups excluding carboxylic acids is 1. The van der Waals surface area contributed by atoms with Crippen LogP contribution in [0.25, 0.3) is 0 Å². The van der Waals surface area contributed by atoms with Crippen LogP contribution in [0.3, 0.4) is 0 Å². The first-order chi connectivity index (χ1) is 8.26. The molecule has 0 spiro atoms. The maximum absolute atomic E-state index is 11.9. The van der Waals surface area contributed by atoms with Crippen LogP contribution in [0.4, 0.5) is 13.2 Å². The van der Waals surface area contributed by atoms with Crippen LogP contribution in [-0.2, 0) is 9.53 Å². The number of alkyl halides is 3. The Morgan fingerprint density at radius 3 is 2.44 bits per heavy atom. The fourth-order valence-corrected chi connectivity index (χ4v) is 1.38. The van der Waals surface area contributed by atoms with Crippen LogP contribution in [0.1, 0.15) is 13.8 Å². The van der Waals surface area contributed by atoms with E-state index in [0.29, 0.717) is 19.7 Å². The zero-order valence-electron chi connectivity index (χ0n) is 11.0. The Balaban J connectivity index is 4.11. The molecule has 0 radical (unpaired) electrons. The molecular weight excluding hydrogens is 249 g/mol. The smallest absolute Gasteiger partial charge is 0.383 e. The lowest BCUT2D eigenvalue weighted by atomic mass is 10.2. The first-order valence-electron chi connectivity index (χ1n) is 5.80. The van der Waals surface area contributed by atoms with Crippen molar-refractivity contribution < 1.29 is 22.7 Å². The zero-order chi connectivity index (χ0) is 14.2. The molecule has 18 heavy (non-hydrogen) atoms. The average Bonchev–Trinajstić information content (AvgIpc) is 2.21. The van der Waals surface area contributed by atoms with Gasteiger partial charge in [-0.2, -0.15) is 13.2 Å². The summed E-state index contributed by atoms with van der Waals surface area (Å²) >= 11 is 0. The van der Waals surface area contributed by atoms with Gasteiger partial charge in [0.25, 0.3) is 0 Å². The van der Waals surface area contributed by atoms with Crippen molar-refractivity contribution in [3.05, 3.63) is 0 Å². The quantitative estimate of drug-likeness (QED) is 0.722. The molecule has 0 aromatic heterocycles. The van der Waals surface area contributed by atoms with Crippen molar-refractivity contribution >= 4 is 5.91 Å². The van der Waals surface area contributed by atoms with Crippen molar-refractivity contribution in [2.45, 2.75) is 20.0 Å². The van der Waals surface area contributed by atoms with E-state index >= 15 is 0 Å². The molecule has 0 rings (SSSR count). The summed E-state index contributed by atoms with van der Waals surface area (Å²) in [6.45, 7) is 3.69. The summed E-state index contributed by atoms with van der Waals surface area (Å²) in [6.07, 6.45) is -4.30. The Hall–Kier alpha value is -0.820. The molecule has 0 atom stereocenters. The lowest BCUT2D eigenvalue weighted by Crippen LogP contribution is -2.43. The first-order valence-corrected chi connectivity index (χ1v) is 5.80. The second-order valence-corrected chi connectivity index (χ2v) is 4.45. The van der Waals surface area contributed by atoms with Crippen molar-refractivity contribution in [2.75, 3.05) is 39.9 Å². The Bertz CT molecular complexity index is 245. The number of amides is 1. The molecule has 7 heteroatoms. The zero-order valence-corrected chi connectivity index (χ0v) is 11.0. The fraction of sp³-hybridized carbons (Fsp3) is 0.909. The van der Waals surface area contributed by atoms with Gasteiger partial charge in [0.2, 0.25) is 5.91 Å². The molecule has 1 amide bonds. The number of nitrogens with one attached hydrogen (secondary N) is 1. The van der Waals surface area contributed by atoms with Crippen molar-refractivity contribution in [1.29, 1.82) is 0 Å². The van der Waals surface area contributed by atoms with Crippen molar-refractivity contribution in [2.24, 2.45) is 5.92 Å². The van der Waals surface area contributed by atoms with Crippen LogP contribution in [0.5, 0.6) is 0 Å². The molecule has 0 aliphatic heterocycles. The molecule has 0 saturated carbocycles. The van der Waals surface area contributed by atoms with E-state index in [-0.39, 0.29) is 18.4 Å². The summed E-state index contributed by atoms with van der Waals surface area (Å²) < 4.78 is 40.6. The third kappa shape index (κ3) is 9.23. The van der Waals surface area contributed by atoms with Gasteiger partial charge in [-0.05, 0) is 5.92 Å². The van der Waals surface area contributed by atoms with Gasteiger partial charge < -0.3 is 15.0 Å². The number of carbonyl (C=O) groups is 1. The summed E-state index contributed by atoms with van der Waals surface area (Å²) in [5.74, 6) is -0.0848. The third-order valence-electron chi connectivity index (χ3n) is 2.11. The number of ether oxygens (including phenoxy) is 1. The number of methoxy groups -OCH3 is 1. The van der Waals surface area contributed by atoms with Gasteiger partial charge in [-0.1, -0.05) is 13.8 Å². The maximum Gasteiger partial charge on any atom is 0.401 e. The van der Waals surface area contributed by atoms with E-state index < -0.39 is 12.7 Å². The molecule has 0 aromatic rings. The van der Waals surface area contributed by atoms with Crippen molar-refractivity contribution in [3.8, 4) is 0 Å². The number of nitrogens with zero attached hydrogens (tertiary/aromatic N) is 1. The van der Waals surface area contributed by atoms with Crippen LogP contribution in [0, 0.1) is 5.92 Å². The van der Waals surface area contributed by atoms with Gasteiger partial charge in [-0.3, -0.25) is 4.79 Å². The molecule has 0 aliphatic carbocycles. The van der Waals surface area contributed by atoms with Gasteiger partial charge in [0, 0.05) is 20.2 Å². The van der Waals surface area contributed by atoms with E-state index in [2.05, 4.69) is 5.32 Å². The van der Waals surface area contributed by atoms with Gasteiger partial charge in [0.05, 0.1) is 19.7 Å². The minimum absolute atomic E-state index is 0.258. The Morgan fingerprint density at radius 2 is 2.00 bits per heavy atom.